The molecule has 2 unspecified atom stereocenters. The maximum Gasteiger partial charge on any atom is 0.106 e. The average Bonchev–Trinajstić information content (AvgIpc) is 2.36. The van der Waals surface area contributed by atoms with Crippen LogP contribution >= 0.6 is 12.6 Å². The largest absolute Gasteiger partial charge is 0.389 e. The van der Waals surface area contributed by atoms with Gasteiger partial charge in [-0.25, -0.2) is 0 Å². The predicted molar refractivity (Wildman–Crippen MR) is 66.6 cm³/mol. The molecule has 2 atom stereocenters. The molecule has 0 bridgehead atoms. The number of aliphatic hydroxyl groups is 2. The second kappa shape index (κ2) is 4.82. The van der Waals surface area contributed by atoms with E-state index in [0.29, 0.717) is 5.56 Å². The second-order valence-corrected chi connectivity index (χ2v) is 3.98. The Kier molecular flexibility index (Phi) is 3.43. The van der Waals surface area contributed by atoms with Crippen molar-refractivity contribution in [1.82, 2.24) is 4.98 Å². The van der Waals surface area contributed by atoms with E-state index >= 15 is 0 Å². The van der Waals surface area contributed by atoms with Crippen molar-refractivity contribution in [3.8, 4) is 0 Å². The van der Waals surface area contributed by atoms with Crippen molar-refractivity contribution in [3.63, 3.8) is 0 Å². The van der Waals surface area contributed by atoms with Crippen molar-refractivity contribution >= 4 is 23.5 Å². The fourth-order valence-corrected chi connectivity index (χ4v) is 1.89. The smallest absolute Gasteiger partial charge is 0.106 e. The van der Waals surface area contributed by atoms with Crippen LogP contribution in [0.25, 0.3) is 10.9 Å². The van der Waals surface area contributed by atoms with Gasteiger partial charge in [0.05, 0.1) is 11.6 Å². The van der Waals surface area contributed by atoms with Gasteiger partial charge in [0, 0.05) is 17.3 Å². The minimum atomic E-state index is -0.926. The van der Waals surface area contributed by atoms with E-state index in [-0.39, 0.29) is 5.75 Å². The highest BCUT2D eigenvalue weighted by atomic mass is 32.1. The number of benzene rings is 1. The summed E-state index contributed by atoms with van der Waals surface area (Å²) >= 11 is 3.97. The molecule has 0 aliphatic rings. The molecule has 0 aliphatic heterocycles. The van der Waals surface area contributed by atoms with E-state index in [4.69, 9.17) is 0 Å². The van der Waals surface area contributed by atoms with E-state index in [9.17, 15) is 10.2 Å². The first-order chi connectivity index (χ1) is 7.74. The Balaban J connectivity index is 2.52. The van der Waals surface area contributed by atoms with E-state index in [0.717, 1.165) is 10.9 Å². The number of rotatable bonds is 3. The van der Waals surface area contributed by atoms with Gasteiger partial charge in [0.1, 0.15) is 6.10 Å². The van der Waals surface area contributed by atoms with E-state index in [1.54, 1.807) is 12.3 Å². The first-order valence-corrected chi connectivity index (χ1v) is 5.68. The van der Waals surface area contributed by atoms with Gasteiger partial charge in [0.15, 0.2) is 0 Å². The highest BCUT2D eigenvalue weighted by Crippen LogP contribution is 2.25. The predicted octanol–water partition coefficient (Wildman–Crippen LogP) is 1.56. The molecule has 0 saturated carbocycles. The molecule has 84 valence electrons. The van der Waals surface area contributed by atoms with Crippen molar-refractivity contribution in [3.05, 3.63) is 42.1 Å². The summed E-state index contributed by atoms with van der Waals surface area (Å²) in [6.45, 7) is 0. The van der Waals surface area contributed by atoms with E-state index in [1.807, 2.05) is 24.3 Å². The molecule has 1 aromatic heterocycles. The lowest BCUT2D eigenvalue weighted by Gasteiger charge is -2.17. The highest BCUT2D eigenvalue weighted by molar-refractivity contribution is 7.80. The lowest BCUT2D eigenvalue weighted by Crippen LogP contribution is -2.19. The summed E-state index contributed by atoms with van der Waals surface area (Å²) < 4.78 is 0. The normalized spacial score (nSPS) is 14.9. The van der Waals surface area contributed by atoms with Crippen LogP contribution < -0.4 is 0 Å². The standard InChI is InChI=1S/C12H13NO2S/c14-11(7-16)12(15)9-3-1-5-10-8(9)4-2-6-13-10/h1-6,11-12,14-16H,7H2. The fourth-order valence-electron chi connectivity index (χ4n) is 1.69. The number of thiol groups is 1. The number of aromatic nitrogens is 1. The van der Waals surface area contributed by atoms with Crippen LogP contribution in [0.15, 0.2) is 36.5 Å². The Morgan fingerprint density at radius 1 is 1.19 bits per heavy atom. The molecule has 0 amide bonds. The second-order valence-electron chi connectivity index (χ2n) is 3.61. The Morgan fingerprint density at radius 2 is 2.00 bits per heavy atom. The summed E-state index contributed by atoms with van der Waals surface area (Å²) in [5.41, 5.74) is 1.50. The minimum Gasteiger partial charge on any atom is -0.389 e. The van der Waals surface area contributed by atoms with Gasteiger partial charge in [-0.05, 0) is 17.7 Å². The van der Waals surface area contributed by atoms with Crippen molar-refractivity contribution in [2.24, 2.45) is 0 Å². The molecule has 2 N–H and O–H groups in total. The molecule has 16 heavy (non-hydrogen) atoms. The zero-order valence-corrected chi connectivity index (χ0v) is 9.51. The monoisotopic (exact) mass is 235 g/mol. The number of fused-ring (bicyclic) bond motifs is 1. The van der Waals surface area contributed by atoms with Gasteiger partial charge < -0.3 is 10.2 Å². The molecular formula is C12H13NO2S. The van der Waals surface area contributed by atoms with Gasteiger partial charge in [0.25, 0.3) is 0 Å². The topological polar surface area (TPSA) is 53.4 Å². The average molecular weight is 235 g/mol. The van der Waals surface area contributed by atoms with Crippen LogP contribution in [0.1, 0.15) is 11.7 Å². The molecule has 1 heterocycles. The van der Waals surface area contributed by atoms with E-state index < -0.39 is 12.2 Å². The van der Waals surface area contributed by atoms with Gasteiger partial charge in [-0.2, -0.15) is 12.6 Å². The number of hydrogen-bond acceptors (Lipinski definition) is 4. The maximum atomic E-state index is 9.96. The molecule has 0 aliphatic carbocycles. The summed E-state index contributed by atoms with van der Waals surface area (Å²) in [6.07, 6.45) is -0.0902. The number of hydrogen-bond donors (Lipinski definition) is 3. The third-order valence-corrected chi connectivity index (χ3v) is 2.92. The Hall–Kier alpha value is -1.10. The van der Waals surface area contributed by atoms with Crippen LogP contribution in [-0.2, 0) is 0 Å². The molecule has 2 aromatic rings. The summed E-state index contributed by atoms with van der Waals surface area (Å²) in [5.74, 6) is 0.220. The number of nitrogens with zero attached hydrogens (tertiary/aromatic N) is 1. The van der Waals surface area contributed by atoms with Crippen LogP contribution in [0.5, 0.6) is 0 Å². The van der Waals surface area contributed by atoms with Crippen molar-refractivity contribution in [2.45, 2.75) is 12.2 Å². The Bertz CT molecular complexity index is 484. The maximum absolute atomic E-state index is 9.96. The first-order valence-electron chi connectivity index (χ1n) is 5.04. The van der Waals surface area contributed by atoms with E-state index in [2.05, 4.69) is 17.6 Å². The molecular weight excluding hydrogens is 222 g/mol. The minimum absolute atomic E-state index is 0.220. The lowest BCUT2D eigenvalue weighted by atomic mass is 10.0. The molecule has 3 nitrogen and oxygen atoms in total. The van der Waals surface area contributed by atoms with Crippen molar-refractivity contribution in [1.29, 1.82) is 0 Å². The number of pyridine rings is 1. The molecule has 4 heteroatoms. The Morgan fingerprint density at radius 3 is 2.75 bits per heavy atom. The van der Waals surface area contributed by atoms with Crippen LogP contribution in [0.4, 0.5) is 0 Å². The van der Waals surface area contributed by atoms with Crippen LogP contribution in [0.2, 0.25) is 0 Å². The quantitative estimate of drug-likeness (QED) is 0.708. The Labute approximate surface area is 99.2 Å². The van der Waals surface area contributed by atoms with Gasteiger partial charge in [-0.15, -0.1) is 0 Å². The number of aliphatic hydroxyl groups excluding tert-OH is 2. The molecule has 2 rings (SSSR count). The van der Waals surface area contributed by atoms with Crippen LogP contribution in [-0.4, -0.2) is 27.1 Å². The van der Waals surface area contributed by atoms with Gasteiger partial charge in [0.2, 0.25) is 0 Å². The SMILES string of the molecule is OC(CS)C(O)c1cccc2ncccc12. The third-order valence-electron chi connectivity index (χ3n) is 2.55. The van der Waals surface area contributed by atoms with Gasteiger partial charge in [-0.1, -0.05) is 18.2 Å². The van der Waals surface area contributed by atoms with E-state index in [1.165, 1.54) is 0 Å². The summed E-state index contributed by atoms with van der Waals surface area (Å²) in [5, 5.41) is 20.4. The first kappa shape index (κ1) is 11.4. The van der Waals surface area contributed by atoms with Crippen molar-refractivity contribution < 1.29 is 10.2 Å². The van der Waals surface area contributed by atoms with Crippen LogP contribution in [0.3, 0.4) is 0 Å². The van der Waals surface area contributed by atoms with Gasteiger partial charge in [-0.3, -0.25) is 4.98 Å². The zero-order valence-electron chi connectivity index (χ0n) is 8.61. The summed E-state index contributed by atoms with van der Waals surface area (Å²) in [4.78, 5) is 4.20. The lowest BCUT2D eigenvalue weighted by molar-refractivity contribution is 0.0347. The summed E-state index contributed by atoms with van der Waals surface area (Å²) in [6, 6.07) is 9.18. The third kappa shape index (κ3) is 2.04. The zero-order chi connectivity index (χ0) is 11.5. The van der Waals surface area contributed by atoms with Gasteiger partial charge >= 0.3 is 0 Å². The molecule has 0 spiro atoms. The molecule has 0 fully saturated rings. The molecule has 0 radical (unpaired) electrons. The van der Waals surface area contributed by atoms with Crippen molar-refractivity contribution in [2.75, 3.05) is 5.75 Å². The summed E-state index contributed by atoms with van der Waals surface area (Å²) in [7, 11) is 0. The molecule has 0 saturated heterocycles. The highest BCUT2D eigenvalue weighted by Gasteiger charge is 2.18. The molecule has 1 aromatic carbocycles. The van der Waals surface area contributed by atoms with Crippen LogP contribution in [0, 0.1) is 0 Å². The fraction of sp³-hybridized carbons (Fsp3) is 0.250.